The van der Waals surface area contributed by atoms with Gasteiger partial charge in [0.05, 0.1) is 6.54 Å². The number of nitrogens with zero attached hydrogens (tertiary/aromatic N) is 4. The van der Waals surface area contributed by atoms with Gasteiger partial charge in [-0.2, -0.15) is 4.98 Å². The average Bonchev–Trinajstić information content (AvgIpc) is 3.00. The highest BCUT2D eigenvalue weighted by molar-refractivity contribution is 5.74. The molecule has 3 rings (SSSR count). The molecule has 0 amide bonds. The zero-order valence-electron chi connectivity index (χ0n) is 15.6. The van der Waals surface area contributed by atoms with Crippen molar-refractivity contribution in [1.82, 2.24) is 24.0 Å². The van der Waals surface area contributed by atoms with Gasteiger partial charge in [-0.15, -0.1) is 0 Å². The van der Waals surface area contributed by atoms with Gasteiger partial charge >= 0.3 is 5.69 Å². The van der Waals surface area contributed by atoms with Crippen molar-refractivity contribution in [2.45, 2.75) is 13.0 Å². The maximum atomic E-state index is 13.6. The molecule has 0 unspecified atom stereocenters. The van der Waals surface area contributed by atoms with Crippen LogP contribution in [0.1, 0.15) is 12.0 Å². The van der Waals surface area contributed by atoms with Gasteiger partial charge in [-0.3, -0.25) is 18.5 Å². The van der Waals surface area contributed by atoms with E-state index < -0.39 is 11.2 Å². The predicted octanol–water partition coefficient (Wildman–Crippen LogP) is 0.643. The summed E-state index contributed by atoms with van der Waals surface area (Å²) in [5.41, 5.74) is 0.434. The number of hydrogen-bond acceptors (Lipinski definition) is 5. The Bertz CT molecular complexity index is 1080. The molecule has 0 aliphatic carbocycles. The zero-order valence-corrected chi connectivity index (χ0v) is 15.6. The number of aryl methyl sites for hydroxylation is 1. The van der Waals surface area contributed by atoms with Crippen molar-refractivity contribution in [3.05, 3.63) is 56.5 Å². The fourth-order valence-corrected chi connectivity index (χ4v) is 3.02. The van der Waals surface area contributed by atoms with Crippen LogP contribution in [0.25, 0.3) is 11.2 Å². The number of aromatic nitrogens is 4. The number of imidazole rings is 1. The lowest BCUT2D eigenvalue weighted by molar-refractivity contribution is 0.624. The summed E-state index contributed by atoms with van der Waals surface area (Å²) in [6, 6.07) is 6.20. The third-order valence-electron chi connectivity index (χ3n) is 4.46. The van der Waals surface area contributed by atoms with Crippen LogP contribution in [0.3, 0.4) is 0 Å². The minimum atomic E-state index is -0.440. The molecule has 0 saturated heterocycles. The first-order valence-corrected chi connectivity index (χ1v) is 8.73. The van der Waals surface area contributed by atoms with Gasteiger partial charge in [-0.05, 0) is 37.7 Å². The van der Waals surface area contributed by atoms with Crippen molar-refractivity contribution < 1.29 is 4.39 Å². The summed E-state index contributed by atoms with van der Waals surface area (Å²) in [6.07, 6.45) is 0.858. The Morgan fingerprint density at radius 2 is 1.93 bits per heavy atom. The van der Waals surface area contributed by atoms with Gasteiger partial charge in [0.25, 0.3) is 5.56 Å². The molecule has 2 aromatic heterocycles. The molecule has 0 spiro atoms. The summed E-state index contributed by atoms with van der Waals surface area (Å²) in [5, 5.41) is 6.29. The third kappa shape index (κ3) is 3.63. The van der Waals surface area contributed by atoms with E-state index in [2.05, 4.69) is 15.6 Å². The first-order valence-electron chi connectivity index (χ1n) is 8.73. The highest BCUT2D eigenvalue weighted by atomic mass is 19.1. The summed E-state index contributed by atoms with van der Waals surface area (Å²) >= 11 is 0. The van der Waals surface area contributed by atoms with Gasteiger partial charge in [-0.25, -0.2) is 9.18 Å². The molecule has 0 fully saturated rings. The smallest absolute Gasteiger partial charge is 0.332 e. The van der Waals surface area contributed by atoms with Crippen molar-refractivity contribution in [2.75, 3.05) is 25.5 Å². The minimum Gasteiger partial charge on any atom is -0.356 e. The predicted molar refractivity (Wildman–Crippen MR) is 103 cm³/mol. The number of rotatable bonds is 7. The number of halogens is 1. The van der Waals surface area contributed by atoms with E-state index in [1.807, 2.05) is 7.05 Å². The molecule has 0 bridgehead atoms. The Labute approximate surface area is 155 Å². The van der Waals surface area contributed by atoms with Gasteiger partial charge in [0.1, 0.15) is 5.82 Å². The highest BCUT2D eigenvalue weighted by Gasteiger charge is 2.19. The largest absolute Gasteiger partial charge is 0.356 e. The number of nitrogens with one attached hydrogen (secondary N) is 2. The number of anilines is 1. The molecule has 3 aromatic rings. The van der Waals surface area contributed by atoms with Crippen molar-refractivity contribution in [3.63, 3.8) is 0 Å². The minimum absolute atomic E-state index is 0.260. The summed E-state index contributed by atoms with van der Waals surface area (Å²) in [7, 11) is 4.89. The second-order valence-corrected chi connectivity index (χ2v) is 6.41. The molecule has 144 valence electrons. The average molecular weight is 374 g/mol. The summed E-state index contributed by atoms with van der Waals surface area (Å²) in [5.74, 6) is 0.129. The van der Waals surface area contributed by atoms with E-state index in [-0.39, 0.29) is 12.4 Å². The van der Waals surface area contributed by atoms with Crippen LogP contribution in [0.2, 0.25) is 0 Å². The Morgan fingerprint density at radius 3 is 2.63 bits per heavy atom. The Hall–Kier alpha value is -2.94. The fraction of sp³-hybridized carbons (Fsp3) is 0.389. The van der Waals surface area contributed by atoms with Gasteiger partial charge in [0.15, 0.2) is 11.2 Å². The van der Waals surface area contributed by atoms with E-state index in [1.54, 1.807) is 23.7 Å². The maximum absolute atomic E-state index is 13.6. The number of fused-ring (bicyclic) bond motifs is 1. The fourth-order valence-electron chi connectivity index (χ4n) is 3.02. The van der Waals surface area contributed by atoms with E-state index in [9.17, 15) is 14.0 Å². The normalized spacial score (nSPS) is 11.3. The first kappa shape index (κ1) is 18.8. The lowest BCUT2D eigenvalue weighted by Gasteiger charge is -2.11. The summed E-state index contributed by atoms with van der Waals surface area (Å²) < 4.78 is 17.7. The van der Waals surface area contributed by atoms with E-state index in [4.69, 9.17) is 0 Å². The molecule has 2 N–H and O–H groups in total. The standard InChI is InChI=1S/C18H23FN6O2/c1-20-8-5-9-21-17-22-15-14(16(26)24(3)18(27)23(15)2)25(17)11-12-6-4-7-13(19)10-12/h4,6-7,10,20H,5,8-9,11H2,1-3H3,(H,21,22). The molecular weight excluding hydrogens is 351 g/mol. The topological polar surface area (TPSA) is 85.9 Å². The second kappa shape index (κ2) is 7.75. The van der Waals surface area contributed by atoms with Crippen LogP contribution in [0.15, 0.2) is 33.9 Å². The maximum Gasteiger partial charge on any atom is 0.332 e. The molecule has 9 heteroatoms. The van der Waals surface area contributed by atoms with E-state index >= 15 is 0 Å². The number of hydrogen-bond donors (Lipinski definition) is 2. The lowest BCUT2D eigenvalue weighted by Crippen LogP contribution is -2.37. The zero-order chi connectivity index (χ0) is 19.6. The highest BCUT2D eigenvalue weighted by Crippen LogP contribution is 2.18. The van der Waals surface area contributed by atoms with E-state index in [0.717, 1.165) is 17.5 Å². The first-order chi connectivity index (χ1) is 12.9. The Balaban J connectivity index is 2.14. The molecule has 1 aromatic carbocycles. The van der Waals surface area contributed by atoms with Crippen LogP contribution >= 0.6 is 0 Å². The van der Waals surface area contributed by atoms with Crippen molar-refractivity contribution in [3.8, 4) is 0 Å². The molecule has 0 atom stereocenters. The van der Waals surface area contributed by atoms with Crippen LogP contribution in [-0.2, 0) is 20.6 Å². The monoisotopic (exact) mass is 374 g/mol. The molecule has 0 aliphatic heterocycles. The number of benzene rings is 1. The molecule has 27 heavy (non-hydrogen) atoms. The van der Waals surface area contributed by atoms with Gasteiger partial charge in [0, 0.05) is 20.6 Å². The summed E-state index contributed by atoms with van der Waals surface area (Å²) in [6.45, 7) is 1.73. The Morgan fingerprint density at radius 1 is 1.15 bits per heavy atom. The molecule has 0 radical (unpaired) electrons. The van der Waals surface area contributed by atoms with Crippen molar-refractivity contribution in [2.24, 2.45) is 14.1 Å². The van der Waals surface area contributed by atoms with Crippen LogP contribution in [0.5, 0.6) is 0 Å². The van der Waals surface area contributed by atoms with Crippen LogP contribution in [0.4, 0.5) is 10.3 Å². The van der Waals surface area contributed by atoms with Gasteiger partial charge in [-0.1, -0.05) is 12.1 Å². The van der Waals surface area contributed by atoms with Crippen LogP contribution in [0, 0.1) is 5.82 Å². The van der Waals surface area contributed by atoms with Crippen LogP contribution < -0.4 is 21.9 Å². The molecule has 0 saturated carbocycles. The van der Waals surface area contributed by atoms with E-state index in [1.165, 1.54) is 23.7 Å². The summed E-state index contributed by atoms with van der Waals surface area (Å²) in [4.78, 5) is 29.4. The second-order valence-electron chi connectivity index (χ2n) is 6.41. The molecule has 8 nitrogen and oxygen atoms in total. The Kier molecular flexibility index (Phi) is 5.41. The molecule has 2 heterocycles. The molecular formula is C18H23FN6O2. The third-order valence-corrected chi connectivity index (χ3v) is 4.46. The van der Waals surface area contributed by atoms with Gasteiger partial charge in [0.2, 0.25) is 5.95 Å². The van der Waals surface area contributed by atoms with Crippen molar-refractivity contribution in [1.29, 1.82) is 0 Å². The van der Waals surface area contributed by atoms with Crippen molar-refractivity contribution >= 4 is 17.1 Å². The lowest BCUT2D eigenvalue weighted by atomic mass is 10.2. The van der Waals surface area contributed by atoms with E-state index in [0.29, 0.717) is 29.2 Å². The molecule has 0 aliphatic rings. The quantitative estimate of drug-likeness (QED) is 0.593. The SMILES string of the molecule is CNCCCNc1nc2c(c(=O)n(C)c(=O)n2C)n1Cc1cccc(F)c1. The van der Waals surface area contributed by atoms with Crippen LogP contribution in [-0.4, -0.2) is 38.8 Å². The van der Waals surface area contributed by atoms with Gasteiger partial charge < -0.3 is 10.6 Å².